The fourth-order valence-corrected chi connectivity index (χ4v) is 5.41. The molecule has 4 N–H and O–H groups in total. The number of rotatable bonds is 4. The van der Waals surface area contributed by atoms with Crippen LogP contribution in [0.1, 0.15) is 22.9 Å². The molecule has 3 amide bonds. The van der Waals surface area contributed by atoms with Gasteiger partial charge in [-0.3, -0.25) is 4.79 Å². The maximum atomic E-state index is 12.9. The predicted octanol–water partition coefficient (Wildman–Crippen LogP) is 3.24. The van der Waals surface area contributed by atoms with Crippen molar-refractivity contribution in [2.24, 2.45) is 5.73 Å². The first kappa shape index (κ1) is 18.4. The number of urea groups is 1. The van der Waals surface area contributed by atoms with E-state index in [-0.39, 0.29) is 0 Å². The second-order valence-electron chi connectivity index (χ2n) is 7.01. The highest BCUT2D eigenvalue weighted by molar-refractivity contribution is 8.01. The van der Waals surface area contributed by atoms with Crippen LogP contribution in [0.3, 0.4) is 0 Å². The van der Waals surface area contributed by atoms with E-state index in [1.54, 1.807) is 31.3 Å². The highest BCUT2D eigenvalue weighted by Gasteiger charge is 2.57. The topological polar surface area (TPSA) is 119 Å². The molecular formula is C21H17N5O3S. The standard InChI is InChI=1S/C21H17N5O3S/c1-11-13(7-8-15(24-11)29-12-5-3-2-4-6-12)21(19(22)27)17-16-14(25-20(28)26-17)9-10-23-18(16)30-21/h2-10,17H,1H3,(H2,22,27)(H2,25,26,28). The summed E-state index contributed by atoms with van der Waals surface area (Å²) in [6.07, 6.45) is 1.60. The molecule has 4 heterocycles. The van der Waals surface area contributed by atoms with Crippen molar-refractivity contribution in [2.75, 3.05) is 5.32 Å². The van der Waals surface area contributed by atoms with Crippen molar-refractivity contribution in [2.45, 2.75) is 22.7 Å². The first-order chi connectivity index (χ1) is 14.5. The summed E-state index contributed by atoms with van der Waals surface area (Å²) < 4.78 is 4.53. The van der Waals surface area contributed by atoms with Crippen molar-refractivity contribution in [3.05, 3.63) is 71.5 Å². The summed E-state index contributed by atoms with van der Waals surface area (Å²) in [5.74, 6) is 0.477. The third-order valence-electron chi connectivity index (χ3n) is 5.22. The van der Waals surface area contributed by atoms with Crippen molar-refractivity contribution in [1.29, 1.82) is 0 Å². The van der Waals surface area contributed by atoms with Gasteiger partial charge in [0.25, 0.3) is 0 Å². The molecule has 0 fully saturated rings. The van der Waals surface area contributed by atoms with E-state index in [2.05, 4.69) is 20.6 Å². The van der Waals surface area contributed by atoms with Crippen LogP contribution in [0.4, 0.5) is 10.5 Å². The summed E-state index contributed by atoms with van der Waals surface area (Å²) >= 11 is 1.24. The smallest absolute Gasteiger partial charge is 0.319 e. The number of nitrogens with zero attached hydrogens (tertiary/aromatic N) is 2. The Labute approximate surface area is 176 Å². The molecule has 0 aliphatic carbocycles. The number of anilines is 1. The van der Waals surface area contributed by atoms with Gasteiger partial charge in [0.15, 0.2) is 4.75 Å². The first-order valence-corrected chi connectivity index (χ1v) is 10.1. The van der Waals surface area contributed by atoms with E-state index < -0.39 is 22.7 Å². The van der Waals surface area contributed by atoms with E-state index in [9.17, 15) is 9.59 Å². The quantitative estimate of drug-likeness (QED) is 0.597. The Morgan fingerprint density at radius 2 is 2.00 bits per heavy atom. The average Bonchev–Trinajstić information content (AvgIpc) is 3.05. The zero-order valence-electron chi connectivity index (χ0n) is 15.9. The molecule has 30 heavy (non-hydrogen) atoms. The van der Waals surface area contributed by atoms with Gasteiger partial charge in [-0.05, 0) is 31.2 Å². The van der Waals surface area contributed by atoms with E-state index in [4.69, 9.17) is 10.5 Å². The Morgan fingerprint density at radius 1 is 1.20 bits per heavy atom. The molecule has 2 aliphatic heterocycles. The molecule has 0 saturated carbocycles. The number of pyridine rings is 2. The minimum absolute atomic E-state index is 0.396. The molecule has 3 aromatic rings. The highest BCUT2D eigenvalue weighted by Crippen LogP contribution is 2.60. The maximum absolute atomic E-state index is 12.9. The molecule has 9 heteroatoms. The number of thioether (sulfide) groups is 1. The molecule has 2 aliphatic rings. The van der Waals surface area contributed by atoms with E-state index in [0.29, 0.717) is 33.6 Å². The Balaban J connectivity index is 1.60. The van der Waals surface area contributed by atoms with Crippen LogP contribution in [0.25, 0.3) is 0 Å². The Bertz CT molecular complexity index is 1190. The SMILES string of the molecule is Cc1nc(Oc2ccccc2)ccc1C1(C(N)=O)Sc2nccc3c2C1NC(=O)N3. The molecule has 8 nitrogen and oxygen atoms in total. The van der Waals surface area contributed by atoms with Crippen molar-refractivity contribution in [1.82, 2.24) is 15.3 Å². The molecule has 1 aromatic carbocycles. The van der Waals surface area contributed by atoms with Crippen LogP contribution in [0.15, 0.2) is 59.8 Å². The van der Waals surface area contributed by atoms with E-state index in [1.165, 1.54) is 11.8 Å². The van der Waals surface area contributed by atoms with Crippen molar-refractivity contribution < 1.29 is 14.3 Å². The van der Waals surface area contributed by atoms with Crippen LogP contribution in [0, 0.1) is 6.92 Å². The summed E-state index contributed by atoms with van der Waals surface area (Å²) in [5.41, 5.74) is 8.51. The van der Waals surface area contributed by atoms with E-state index >= 15 is 0 Å². The lowest BCUT2D eigenvalue weighted by atomic mass is 9.84. The highest BCUT2D eigenvalue weighted by atomic mass is 32.2. The molecule has 0 saturated heterocycles. The van der Waals surface area contributed by atoms with Crippen LogP contribution in [-0.4, -0.2) is 21.9 Å². The van der Waals surface area contributed by atoms with Crippen molar-refractivity contribution >= 4 is 29.4 Å². The molecule has 150 valence electrons. The molecule has 2 aromatic heterocycles. The van der Waals surface area contributed by atoms with Gasteiger partial charge in [0.2, 0.25) is 11.8 Å². The number of carbonyl (C=O) groups is 2. The number of benzene rings is 1. The van der Waals surface area contributed by atoms with Gasteiger partial charge in [-0.1, -0.05) is 30.0 Å². The van der Waals surface area contributed by atoms with Gasteiger partial charge in [0, 0.05) is 29.1 Å². The Hall–Kier alpha value is -3.59. The summed E-state index contributed by atoms with van der Waals surface area (Å²) in [6.45, 7) is 1.79. The van der Waals surface area contributed by atoms with Gasteiger partial charge in [0.1, 0.15) is 10.8 Å². The average molecular weight is 419 g/mol. The molecule has 5 rings (SSSR count). The van der Waals surface area contributed by atoms with Crippen LogP contribution in [-0.2, 0) is 9.54 Å². The number of carbonyl (C=O) groups excluding carboxylic acids is 2. The summed E-state index contributed by atoms with van der Waals surface area (Å²) in [4.78, 5) is 34.1. The lowest BCUT2D eigenvalue weighted by molar-refractivity contribution is -0.121. The minimum Gasteiger partial charge on any atom is -0.439 e. The third-order valence-corrected chi connectivity index (χ3v) is 6.72. The van der Waals surface area contributed by atoms with Gasteiger partial charge in [-0.25, -0.2) is 14.8 Å². The fraction of sp³-hybridized carbons (Fsp3) is 0.143. The lowest BCUT2D eigenvalue weighted by Crippen LogP contribution is -2.51. The monoisotopic (exact) mass is 419 g/mol. The Kier molecular flexibility index (Phi) is 4.14. The van der Waals surface area contributed by atoms with Crippen LogP contribution < -0.4 is 21.1 Å². The molecule has 0 radical (unpaired) electrons. The second-order valence-corrected chi connectivity index (χ2v) is 8.24. The molecule has 0 spiro atoms. The van der Waals surface area contributed by atoms with Gasteiger partial charge in [-0.2, -0.15) is 0 Å². The zero-order valence-corrected chi connectivity index (χ0v) is 16.7. The normalized spacial score (nSPS) is 21.4. The van der Waals surface area contributed by atoms with E-state index in [1.807, 2.05) is 30.3 Å². The maximum Gasteiger partial charge on any atom is 0.319 e. The van der Waals surface area contributed by atoms with Gasteiger partial charge >= 0.3 is 6.03 Å². The number of hydrogen-bond donors (Lipinski definition) is 3. The molecule has 2 atom stereocenters. The minimum atomic E-state index is -1.27. The van der Waals surface area contributed by atoms with Crippen LogP contribution >= 0.6 is 11.8 Å². The van der Waals surface area contributed by atoms with Gasteiger partial charge in [0.05, 0.1) is 11.7 Å². The third kappa shape index (κ3) is 2.70. The number of aryl methyl sites for hydroxylation is 1. The predicted molar refractivity (Wildman–Crippen MR) is 111 cm³/mol. The summed E-state index contributed by atoms with van der Waals surface area (Å²) in [5, 5.41) is 6.26. The Morgan fingerprint density at radius 3 is 2.73 bits per heavy atom. The summed E-state index contributed by atoms with van der Waals surface area (Å²) in [7, 11) is 0. The number of hydrogen-bond acceptors (Lipinski definition) is 6. The summed E-state index contributed by atoms with van der Waals surface area (Å²) in [6, 6.07) is 13.4. The van der Waals surface area contributed by atoms with Crippen LogP contribution in [0.2, 0.25) is 0 Å². The fourth-order valence-electron chi connectivity index (χ4n) is 3.93. The first-order valence-electron chi connectivity index (χ1n) is 9.25. The van der Waals surface area contributed by atoms with E-state index in [0.717, 1.165) is 5.56 Å². The number of ether oxygens (including phenoxy) is 1. The number of nitrogens with one attached hydrogen (secondary N) is 2. The lowest BCUT2D eigenvalue weighted by Gasteiger charge is -2.35. The largest absolute Gasteiger partial charge is 0.439 e. The second kappa shape index (κ2) is 6.74. The number of primary amides is 1. The number of para-hydroxylation sites is 1. The molecular weight excluding hydrogens is 402 g/mol. The molecule has 2 unspecified atom stereocenters. The number of aromatic nitrogens is 2. The number of nitrogens with two attached hydrogens (primary N) is 1. The van der Waals surface area contributed by atoms with Crippen LogP contribution in [0.5, 0.6) is 11.6 Å². The van der Waals surface area contributed by atoms with Gasteiger partial charge < -0.3 is 21.1 Å². The zero-order chi connectivity index (χ0) is 20.9. The van der Waals surface area contributed by atoms with Crippen molar-refractivity contribution in [3.8, 4) is 11.6 Å². The molecule has 0 bridgehead atoms. The van der Waals surface area contributed by atoms with Gasteiger partial charge in [-0.15, -0.1) is 0 Å². The van der Waals surface area contributed by atoms with Crippen molar-refractivity contribution in [3.63, 3.8) is 0 Å². The number of amides is 3.